The maximum atomic E-state index is 2.56. The Kier molecular flexibility index (Phi) is 9.07. The summed E-state index contributed by atoms with van der Waals surface area (Å²) in [6, 6.07) is 45.2. The first-order valence-corrected chi connectivity index (χ1v) is 18.1. The summed E-state index contributed by atoms with van der Waals surface area (Å²) >= 11 is 0. The monoisotopic (exact) mass is 642 g/mol. The molecule has 1 fully saturated rings. The molecule has 0 bridgehead atoms. The summed E-state index contributed by atoms with van der Waals surface area (Å²) < 4.78 is 0. The average Bonchev–Trinajstić information content (AvgIpc) is 3.13. The molecule has 2 aliphatic carbocycles. The molecule has 2 nitrogen and oxygen atoms in total. The lowest BCUT2D eigenvalue weighted by Crippen LogP contribution is -2.45. The van der Waals surface area contributed by atoms with Crippen LogP contribution in [-0.4, -0.2) is 0 Å². The number of rotatable bonds is 8. The summed E-state index contributed by atoms with van der Waals surface area (Å²) in [6.45, 7) is 11.1. The van der Waals surface area contributed by atoms with Crippen molar-refractivity contribution in [2.75, 3.05) is 9.80 Å². The first-order valence-electron chi connectivity index (χ1n) is 18.1. The molecular weight excluding hydrogens is 593 g/mol. The van der Waals surface area contributed by atoms with Crippen molar-refractivity contribution in [2.45, 2.75) is 78.6 Å². The summed E-state index contributed by atoms with van der Waals surface area (Å²) in [4.78, 5) is 4.81. The maximum Gasteiger partial charge on any atom is 0.0461 e. The predicted molar refractivity (Wildman–Crippen MR) is 210 cm³/mol. The number of hydrogen-bond acceptors (Lipinski definition) is 2. The van der Waals surface area contributed by atoms with Gasteiger partial charge >= 0.3 is 0 Å². The first kappa shape index (κ1) is 32.7. The molecule has 0 spiro atoms. The molecule has 2 aliphatic rings. The molecule has 49 heavy (non-hydrogen) atoms. The van der Waals surface area contributed by atoms with Crippen molar-refractivity contribution in [3.05, 3.63) is 173 Å². The van der Waals surface area contributed by atoms with Gasteiger partial charge in [0, 0.05) is 39.5 Å². The second-order valence-electron chi connectivity index (χ2n) is 14.8. The van der Waals surface area contributed by atoms with Crippen LogP contribution in [0.1, 0.15) is 73.3 Å². The molecule has 0 saturated heterocycles. The molecule has 1 saturated carbocycles. The van der Waals surface area contributed by atoms with Gasteiger partial charge in [-0.1, -0.05) is 121 Å². The van der Waals surface area contributed by atoms with Gasteiger partial charge in [0.2, 0.25) is 0 Å². The summed E-state index contributed by atoms with van der Waals surface area (Å²) in [6.07, 6.45) is 14.8. The van der Waals surface area contributed by atoms with Crippen molar-refractivity contribution in [3.63, 3.8) is 0 Å². The van der Waals surface area contributed by atoms with E-state index in [1.54, 1.807) is 0 Å². The topological polar surface area (TPSA) is 6.48 Å². The van der Waals surface area contributed by atoms with Crippen molar-refractivity contribution in [1.29, 1.82) is 0 Å². The zero-order chi connectivity index (χ0) is 34.0. The minimum absolute atomic E-state index is 0.0122. The summed E-state index contributed by atoms with van der Waals surface area (Å²) in [7, 11) is 0. The average molecular weight is 643 g/mol. The molecule has 0 aliphatic heterocycles. The number of aryl methyl sites for hydroxylation is 4. The van der Waals surface area contributed by atoms with Gasteiger partial charge in [0.15, 0.2) is 0 Å². The highest BCUT2D eigenvalue weighted by Crippen LogP contribution is 2.56. The molecule has 0 aromatic heterocycles. The smallest absolute Gasteiger partial charge is 0.0461 e. The van der Waals surface area contributed by atoms with Gasteiger partial charge in [0.1, 0.15) is 0 Å². The minimum Gasteiger partial charge on any atom is -0.311 e. The fourth-order valence-corrected chi connectivity index (χ4v) is 8.19. The van der Waals surface area contributed by atoms with Gasteiger partial charge in [-0.3, -0.25) is 0 Å². The van der Waals surface area contributed by atoms with E-state index in [1.165, 1.54) is 94.1 Å². The van der Waals surface area contributed by atoms with Gasteiger partial charge in [0.25, 0.3) is 0 Å². The quantitative estimate of drug-likeness (QED) is 0.166. The van der Waals surface area contributed by atoms with Gasteiger partial charge in [-0.05, 0) is 125 Å². The second-order valence-corrected chi connectivity index (χ2v) is 14.8. The van der Waals surface area contributed by atoms with Crippen LogP contribution in [0, 0.1) is 33.1 Å². The third-order valence-corrected chi connectivity index (χ3v) is 11.3. The normalized spacial score (nSPS) is 18.5. The Labute approximate surface area is 294 Å². The Balaban J connectivity index is 1.23. The SMILES string of the molecule is Cc1ccc(N(C2=CCC(C)(C3(c4ccc(N(c5ccc(C)cc5)c5ccc(C)cc5)cc4)CCCCC3)C=C2)c2ccc(C)cc2)cc1. The van der Waals surface area contributed by atoms with Gasteiger partial charge in [-0.15, -0.1) is 0 Å². The van der Waals surface area contributed by atoms with E-state index in [2.05, 4.69) is 184 Å². The third-order valence-electron chi connectivity index (χ3n) is 11.3. The van der Waals surface area contributed by atoms with Crippen LogP contribution in [0.15, 0.2) is 145 Å². The molecule has 0 radical (unpaired) electrons. The molecule has 0 heterocycles. The lowest BCUT2D eigenvalue weighted by molar-refractivity contribution is 0.136. The zero-order valence-electron chi connectivity index (χ0n) is 29.9. The number of benzene rings is 5. The highest BCUT2D eigenvalue weighted by atomic mass is 15.1. The molecule has 1 unspecified atom stereocenters. The van der Waals surface area contributed by atoms with Crippen LogP contribution in [0.2, 0.25) is 0 Å². The summed E-state index contributed by atoms with van der Waals surface area (Å²) in [5.74, 6) is 0. The lowest BCUT2D eigenvalue weighted by Gasteiger charge is -2.51. The second kappa shape index (κ2) is 13.6. The number of hydrogen-bond donors (Lipinski definition) is 0. The van der Waals surface area contributed by atoms with Gasteiger partial charge in [0.05, 0.1) is 0 Å². The zero-order valence-corrected chi connectivity index (χ0v) is 29.9. The summed E-state index contributed by atoms with van der Waals surface area (Å²) in [5.41, 5.74) is 13.9. The first-order chi connectivity index (χ1) is 23.7. The van der Waals surface area contributed by atoms with E-state index in [9.17, 15) is 0 Å². The minimum atomic E-state index is 0.0122. The molecule has 0 N–H and O–H groups in total. The standard InChI is InChI=1S/C47H50N2/c1-35-9-19-40(20-10-35)48(41-21-11-36(2)12-22-41)44-27-17-39(18-28-44)47(31-7-6-8-32-47)46(5)33-29-45(30-34-46)49(42-23-13-37(3)14-24-42)43-25-15-38(4)16-26-43/h9-30,33H,6-8,31-32,34H2,1-5H3. The number of anilines is 5. The summed E-state index contributed by atoms with van der Waals surface area (Å²) in [5, 5.41) is 0. The molecule has 0 amide bonds. The van der Waals surface area contributed by atoms with Crippen LogP contribution < -0.4 is 9.80 Å². The van der Waals surface area contributed by atoms with Crippen LogP contribution in [0.25, 0.3) is 0 Å². The van der Waals surface area contributed by atoms with Crippen molar-refractivity contribution < 1.29 is 0 Å². The van der Waals surface area contributed by atoms with Crippen molar-refractivity contribution in [3.8, 4) is 0 Å². The van der Waals surface area contributed by atoms with Crippen LogP contribution in [0.5, 0.6) is 0 Å². The molecule has 5 aromatic carbocycles. The van der Waals surface area contributed by atoms with Gasteiger partial charge in [-0.25, -0.2) is 0 Å². The number of allylic oxidation sites excluding steroid dienone is 3. The fraction of sp³-hybridized carbons (Fsp3) is 0.277. The molecule has 1 atom stereocenters. The van der Waals surface area contributed by atoms with E-state index in [0.29, 0.717) is 0 Å². The van der Waals surface area contributed by atoms with Crippen molar-refractivity contribution >= 4 is 28.4 Å². The Morgan fingerprint density at radius 1 is 0.449 bits per heavy atom. The van der Waals surface area contributed by atoms with E-state index >= 15 is 0 Å². The van der Waals surface area contributed by atoms with Crippen molar-refractivity contribution in [2.24, 2.45) is 5.41 Å². The molecule has 248 valence electrons. The molecule has 7 rings (SSSR count). The fourth-order valence-electron chi connectivity index (χ4n) is 8.19. The van der Waals surface area contributed by atoms with E-state index in [4.69, 9.17) is 0 Å². The van der Waals surface area contributed by atoms with Crippen LogP contribution in [0.3, 0.4) is 0 Å². The van der Waals surface area contributed by atoms with Gasteiger partial charge in [-0.2, -0.15) is 0 Å². The maximum absolute atomic E-state index is 2.56. The van der Waals surface area contributed by atoms with Crippen molar-refractivity contribution in [1.82, 2.24) is 0 Å². The third kappa shape index (κ3) is 6.49. The van der Waals surface area contributed by atoms with Crippen LogP contribution in [0.4, 0.5) is 28.4 Å². The van der Waals surface area contributed by atoms with E-state index in [0.717, 1.165) is 6.42 Å². The van der Waals surface area contributed by atoms with Gasteiger partial charge < -0.3 is 9.80 Å². The van der Waals surface area contributed by atoms with E-state index in [-0.39, 0.29) is 10.8 Å². The van der Waals surface area contributed by atoms with E-state index in [1.807, 2.05) is 0 Å². The molecule has 5 aromatic rings. The Morgan fingerprint density at radius 2 is 0.816 bits per heavy atom. The van der Waals surface area contributed by atoms with Crippen LogP contribution >= 0.6 is 0 Å². The highest BCUT2D eigenvalue weighted by Gasteiger charge is 2.48. The largest absolute Gasteiger partial charge is 0.311 e. The molecule has 2 heteroatoms. The van der Waals surface area contributed by atoms with Crippen LogP contribution in [-0.2, 0) is 5.41 Å². The highest BCUT2D eigenvalue weighted by molar-refractivity contribution is 5.77. The Hall–Kier alpha value is -4.82. The molecular formula is C47H50N2. The lowest BCUT2D eigenvalue weighted by atomic mass is 9.53. The Morgan fingerprint density at radius 3 is 1.18 bits per heavy atom. The Bertz CT molecular complexity index is 1830. The predicted octanol–water partition coefficient (Wildman–Crippen LogP) is 13.3. The number of nitrogens with zero attached hydrogens (tertiary/aromatic N) is 2. The van der Waals surface area contributed by atoms with E-state index < -0.39 is 0 Å².